The smallest absolute Gasteiger partial charge is 0.394 e. The number of nitrogens with one attached hydrogen (secondary N) is 1. The first-order chi connectivity index (χ1) is 9.90. The molecular weight excluding hydrogens is 305 g/mol. The van der Waals surface area contributed by atoms with Crippen LogP contribution in [0.25, 0.3) is 0 Å². The fraction of sp³-hybridized carbons (Fsp3) is 0.462. The summed E-state index contributed by atoms with van der Waals surface area (Å²) in [6.07, 6.45) is 1.47. The number of amides is 2. The molecule has 1 atom stereocenters. The van der Waals surface area contributed by atoms with Crippen LogP contribution in [0.3, 0.4) is 0 Å². The molecule has 0 radical (unpaired) electrons. The summed E-state index contributed by atoms with van der Waals surface area (Å²) in [5, 5.41) is 11.7. The van der Waals surface area contributed by atoms with E-state index in [0.717, 1.165) is 6.42 Å². The Labute approximate surface area is 124 Å². The van der Waals surface area contributed by atoms with Gasteiger partial charge in [-0.3, -0.25) is 0 Å². The van der Waals surface area contributed by atoms with Crippen LogP contribution >= 0.6 is 11.8 Å². The van der Waals surface area contributed by atoms with Gasteiger partial charge in [-0.15, -0.1) is 0 Å². The molecule has 1 fully saturated rings. The van der Waals surface area contributed by atoms with Crippen LogP contribution in [0.1, 0.15) is 12.8 Å². The van der Waals surface area contributed by atoms with Crippen LogP contribution in [-0.4, -0.2) is 40.7 Å². The van der Waals surface area contributed by atoms with E-state index in [9.17, 15) is 23.1 Å². The molecule has 1 heterocycles. The zero-order valence-electron chi connectivity index (χ0n) is 11.1. The number of benzene rings is 1. The van der Waals surface area contributed by atoms with Gasteiger partial charge in [0.05, 0.1) is 18.3 Å². The first-order valence-electron chi connectivity index (χ1n) is 6.44. The topological polar surface area (TPSA) is 52.6 Å². The van der Waals surface area contributed by atoms with E-state index in [4.69, 9.17) is 0 Å². The highest BCUT2D eigenvalue weighted by molar-refractivity contribution is 8.00. The number of likely N-dealkylation sites (tertiary alicyclic amines) is 1. The number of carbonyl (C=O) groups excluding carboxylic acids is 1. The summed E-state index contributed by atoms with van der Waals surface area (Å²) < 4.78 is 37.4. The van der Waals surface area contributed by atoms with Crippen molar-refractivity contribution in [3.8, 4) is 0 Å². The molecule has 116 valence electrons. The second-order valence-electron chi connectivity index (χ2n) is 4.65. The molecule has 1 aliphatic heterocycles. The minimum atomic E-state index is -4.41. The van der Waals surface area contributed by atoms with Crippen LogP contribution < -0.4 is 5.32 Å². The molecule has 0 aliphatic carbocycles. The van der Waals surface area contributed by atoms with Gasteiger partial charge in [-0.25, -0.2) is 4.79 Å². The number of hydrogen-bond donors (Lipinski definition) is 2. The molecule has 0 unspecified atom stereocenters. The van der Waals surface area contributed by atoms with Crippen molar-refractivity contribution in [1.29, 1.82) is 0 Å². The van der Waals surface area contributed by atoms with Gasteiger partial charge in [0.1, 0.15) is 0 Å². The van der Waals surface area contributed by atoms with Crippen molar-refractivity contribution in [3.05, 3.63) is 24.3 Å². The average molecular weight is 320 g/mol. The van der Waals surface area contributed by atoms with Crippen molar-refractivity contribution >= 4 is 23.5 Å². The first kappa shape index (κ1) is 16.0. The normalized spacial score (nSPS) is 18.9. The molecule has 2 amide bonds. The van der Waals surface area contributed by atoms with E-state index in [-0.39, 0.29) is 35.0 Å². The molecule has 0 bridgehead atoms. The van der Waals surface area contributed by atoms with E-state index in [0.29, 0.717) is 13.0 Å². The average Bonchev–Trinajstić information content (AvgIpc) is 2.87. The zero-order valence-corrected chi connectivity index (χ0v) is 11.9. The van der Waals surface area contributed by atoms with Gasteiger partial charge in [0.2, 0.25) is 0 Å². The standard InChI is InChI=1S/C13H15F3N2O2S/c14-13(15,16)21-11-6-2-1-5-10(11)17-12(20)18-7-3-4-9(18)8-19/h1-2,5-6,9,19H,3-4,7-8H2,(H,17,20)/t9-/m0/s1. The highest BCUT2D eigenvalue weighted by Crippen LogP contribution is 2.40. The number of aliphatic hydroxyl groups excluding tert-OH is 1. The number of anilines is 1. The summed E-state index contributed by atoms with van der Waals surface area (Å²) in [6.45, 7) is 0.345. The lowest BCUT2D eigenvalue weighted by molar-refractivity contribution is -0.0328. The van der Waals surface area contributed by atoms with E-state index in [1.165, 1.54) is 23.1 Å². The number of thioether (sulfide) groups is 1. The van der Waals surface area contributed by atoms with Crippen molar-refractivity contribution in [3.63, 3.8) is 0 Å². The second kappa shape index (κ2) is 6.57. The Kier molecular flexibility index (Phi) is 5.00. The molecule has 1 aliphatic rings. The molecule has 1 aromatic carbocycles. The van der Waals surface area contributed by atoms with Gasteiger partial charge in [-0.2, -0.15) is 13.2 Å². The molecule has 1 saturated heterocycles. The van der Waals surface area contributed by atoms with E-state index in [1.807, 2.05) is 0 Å². The second-order valence-corrected chi connectivity index (χ2v) is 5.75. The number of aliphatic hydroxyl groups is 1. The minimum Gasteiger partial charge on any atom is -0.394 e. The largest absolute Gasteiger partial charge is 0.446 e. The minimum absolute atomic E-state index is 0.0573. The predicted molar refractivity (Wildman–Crippen MR) is 74.2 cm³/mol. The number of nitrogens with zero attached hydrogens (tertiary/aromatic N) is 1. The fourth-order valence-electron chi connectivity index (χ4n) is 2.26. The fourth-order valence-corrected chi connectivity index (χ4v) is 2.89. The highest BCUT2D eigenvalue weighted by atomic mass is 32.2. The first-order valence-corrected chi connectivity index (χ1v) is 7.25. The number of rotatable bonds is 3. The Morgan fingerprint density at radius 2 is 2.14 bits per heavy atom. The Morgan fingerprint density at radius 3 is 2.81 bits per heavy atom. The van der Waals surface area contributed by atoms with E-state index in [1.54, 1.807) is 6.07 Å². The maximum absolute atomic E-state index is 12.5. The highest BCUT2D eigenvalue weighted by Gasteiger charge is 2.32. The van der Waals surface area contributed by atoms with Crippen LogP contribution in [-0.2, 0) is 0 Å². The molecule has 2 N–H and O–H groups in total. The zero-order chi connectivity index (χ0) is 15.5. The van der Waals surface area contributed by atoms with Gasteiger partial charge >= 0.3 is 11.5 Å². The van der Waals surface area contributed by atoms with Crippen LogP contribution in [0.5, 0.6) is 0 Å². The third-order valence-electron chi connectivity index (χ3n) is 3.20. The Balaban J connectivity index is 2.10. The van der Waals surface area contributed by atoms with Gasteiger partial charge in [0.25, 0.3) is 0 Å². The molecule has 0 saturated carbocycles. The van der Waals surface area contributed by atoms with Crippen LogP contribution in [0.15, 0.2) is 29.2 Å². The summed E-state index contributed by atoms with van der Waals surface area (Å²) in [7, 11) is 0. The number of carbonyl (C=O) groups is 1. The quantitative estimate of drug-likeness (QED) is 0.840. The van der Waals surface area contributed by atoms with Crippen LogP contribution in [0.2, 0.25) is 0 Å². The van der Waals surface area contributed by atoms with Crippen molar-refractivity contribution < 1.29 is 23.1 Å². The van der Waals surface area contributed by atoms with Crippen molar-refractivity contribution in [2.24, 2.45) is 0 Å². The summed E-state index contributed by atoms with van der Waals surface area (Å²) in [6, 6.07) is 5.02. The summed E-state index contributed by atoms with van der Waals surface area (Å²) in [5.41, 5.74) is -4.30. The molecule has 8 heteroatoms. The van der Waals surface area contributed by atoms with E-state index in [2.05, 4.69) is 5.32 Å². The van der Waals surface area contributed by atoms with Crippen molar-refractivity contribution in [2.45, 2.75) is 29.3 Å². The monoisotopic (exact) mass is 320 g/mol. The van der Waals surface area contributed by atoms with Gasteiger partial charge in [0.15, 0.2) is 0 Å². The molecule has 0 spiro atoms. The Bertz CT molecular complexity index is 510. The Morgan fingerprint density at radius 1 is 1.43 bits per heavy atom. The van der Waals surface area contributed by atoms with E-state index >= 15 is 0 Å². The molecule has 21 heavy (non-hydrogen) atoms. The number of hydrogen-bond acceptors (Lipinski definition) is 3. The third kappa shape index (κ3) is 4.28. The molecule has 2 rings (SSSR count). The summed E-state index contributed by atoms with van der Waals surface area (Å²) in [5.74, 6) is 0. The summed E-state index contributed by atoms with van der Waals surface area (Å²) in [4.78, 5) is 13.5. The van der Waals surface area contributed by atoms with Gasteiger partial charge in [0, 0.05) is 11.4 Å². The number of alkyl halides is 3. The Hall–Kier alpha value is -1.41. The number of halogens is 3. The number of urea groups is 1. The molecule has 1 aromatic rings. The van der Waals surface area contributed by atoms with Crippen molar-refractivity contribution in [1.82, 2.24) is 4.90 Å². The molecular formula is C13H15F3N2O2S. The SMILES string of the molecule is O=C(Nc1ccccc1SC(F)(F)F)N1CCC[C@H]1CO. The van der Waals surface area contributed by atoms with Crippen LogP contribution in [0.4, 0.5) is 23.7 Å². The third-order valence-corrected chi connectivity index (χ3v) is 4.01. The lowest BCUT2D eigenvalue weighted by Gasteiger charge is -2.24. The predicted octanol–water partition coefficient (Wildman–Crippen LogP) is 3.29. The van der Waals surface area contributed by atoms with Crippen LogP contribution in [0, 0.1) is 0 Å². The summed E-state index contributed by atoms with van der Waals surface area (Å²) >= 11 is -0.264. The lowest BCUT2D eigenvalue weighted by atomic mass is 10.2. The van der Waals surface area contributed by atoms with Crippen molar-refractivity contribution in [2.75, 3.05) is 18.5 Å². The van der Waals surface area contributed by atoms with E-state index < -0.39 is 11.5 Å². The maximum atomic E-state index is 12.5. The number of para-hydroxylation sites is 1. The maximum Gasteiger partial charge on any atom is 0.446 e. The van der Waals surface area contributed by atoms with Gasteiger partial charge in [-0.1, -0.05) is 12.1 Å². The van der Waals surface area contributed by atoms with Gasteiger partial charge in [-0.05, 0) is 36.7 Å². The molecule has 4 nitrogen and oxygen atoms in total. The lowest BCUT2D eigenvalue weighted by Crippen LogP contribution is -2.40. The van der Waals surface area contributed by atoms with Gasteiger partial charge < -0.3 is 15.3 Å². The molecule has 0 aromatic heterocycles.